The first-order valence-corrected chi connectivity index (χ1v) is 8.99. The van der Waals surface area contributed by atoms with Gasteiger partial charge in [-0.15, -0.1) is 21.9 Å². The Labute approximate surface area is 154 Å². The molecule has 1 heterocycles. The quantitative estimate of drug-likeness (QED) is 0.415. The van der Waals surface area contributed by atoms with Crippen LogP contribution in [0, 0.1) is 10.1 Å². The van der Waals surface area contributed by atoms with E-state index in [9.17, 15) is 19.7 Å². The minimum atomic E-state index is -0.946. The summed E-state index contributed by atoms with van der Waals surface area (Å²) in [5.74, 6) is -1.19. The molecular formula is C17H19NO7S. The second kappa shape index (κ2) is 9.23. The Balaban J connectivity index is 1.97. The van der Waals surface area contributed by atoms with E-state index in [-0.39, 0.29) is 19.1 Å². The SMILES string of the molecule is C[C@H](C(=O)O)c1ccc(/C=C2\SCC[C@@H]2OC(=O)CCO[N+](=O)[O-])cc1. The van der Waals surface area contributed by atoms with Crippen molar-refractivity contribution < 1.29 is 29.4 Å². The van der Waals surface area contributed by atoms with Gasteiger partial charge < -0.3 is 14.7 Å². The van der Waals surface area contributed by atoms with Gasteiger partial charge in [-0.05, 0) is 30.5 Å². The van der Waals surface area contributed by atoms with Crippen LogP contribution in [0.5, 0.6) is 0 Å². The topological polar surface area (TPSA) is 116 Å². The van der Waals surface area contributed by atoms with Crippen molar-refractivity contribution in [3.63, 3.8) is 0 Å². The summed E-state index contributed by atoms with van der Waals surface area (Å²) in [4.78, 5) is 37.8. The number of benzene rings is 1. The Hall–Kier alpha value is -2.55. The molecule has 1 aromatic carbocycles. The predicted octanol–water partition coefficient (Wildman–Crippen LogP) is 2.86. The minimum absolute atomic E-state index is 0.183. The predicted molar refractivity (Wildman–Crippen MR) is 95.0 cm³/mol. The van der Waals surface area contributed by atoms with Crippen LogP contribution in [0.25, 0.3) is 6.08 Å². The number of carbonyl (C=O) groups excluding carboxylic acids is 1. The van der Waals surface area contributed by atoms with Gasteiger partial charge in [0.25, 0.3) is 5.09 Å². The standard InChI is InChI=1S/C17H19NO7S/c1-11(17(20)21)13-4-2-12(3-5-13)10-15-14(7-9-26-15)25-16(19)6-8-24-18(22)23/h2-5,10-11,14H,6-9H2,1H3,(H,20,21)/b15-10-/t11-,14-/m0/s1. The molecule has 26 heavy (non-hydrogen) atoms. The molecule has 2 atom stereocenters. The number of rotatable bonds is 8. The maximum absolute atomic E-state index is 11.7. The molecular weight excluding hydrogens is 362 g/mol. The third kappa shape index (κ3) is 5.76. The van der Waals surface area contributed by atoms with Gasteiger partial charge in [0.2, 0.25) is 0 Å². The molecule has 1 aliphatic heterocycles. The summed E-state index contributed by atoms with van der Waals surface area (Å²) in [5, 5.41) is 18.2. The molecule has 0 unspecified atom stereocenters. The lowest BCUT2D eigenvalue weighted by Crippen LogP contribution is -2.18. The fourth-order valence-corrected chi connectivity index (χ4v) is 3.52. The third-order valence-corrected chi connectivity index (χ3v) is 5.01. The van der Waals surface area contributed by atoms with Gasteiger partial charge in [-0.25, -0.2) is 0 Å². The zero-order valence-electron chi connectivity index (χ0n) is 14.1. The van der Waals surface area contributed by atoms with Crippen LogP contribution in [0.2, 0.25) is 0 Å². The van der Waals surface area contributed by atoms with E-state index in [4.69, 9.17) is 9.84 Å². The van der Waals surface area contributed by atoms with Crippen molar-refractivity contribution in [2.45, 2.75) is 31.8 Å². The molecule has 1 saturated heterocycles. The van der Waals surface area contributed by atoms with E-state index in [2.05, 4.69) is 4.84 Å². The molecule has 1 fully saturated rings. The van der Waals surface area contributed by atoms with Crippen LogP contribution < -0.4 is 0 Å². The third-order valence-electron chi connectivity index (χ3n) is 3.86. The van der Waals surface area contributed by atoms with Crippen molar-refractivity contribution in [2.75, 3.05) is 12.4 Å². The first-order chi connectivity index (χ1) is 12.4. The molecule has 0 radical (unpaired) electrons. The van der Waals surface area contributed by atoms with Crippen molar-refractivity contribution in [3.8, 4) is 0 Å². The lowest BCUT2D eigenvalue weighted by Gasteiger charge is -2.13. The number of hydrogen-bond donors (Lipinski definition) is 1. The Kier molecular flexibility index (Phi) is 7.02. The normalized spacial score (nSPS) is 19.1. The summed E-state index contributed by atoms with van der Waals surface area (Å²) in [6, 6.07) is 7.18. The fraction of sp³-hybridized carbons (Fsp3) is 0.412. The molecule has 1 aliphatic rings. The highest BCUT2D eigenvalue weighted by Gasteiger charge is 2.25. The summed E-state index contributed by atoms with van der Waals surface area (Å²) < 4.78 is 5.36. The van der Waals surface area contributed by atoms with Crippen LogP contribution >= 0.6 is 11.8 Å². The maximum Gasteiger partial charge on any atom is 0.310 e. The minimum Gasteiger partial charge on any atom is -0.481 e. The highest BCUT2D eigenvalue weighted by molar-refractivity contribution is 8.03. The van der Waals surface area contributed by atoms with Crippen LogP contribution in [0.4, 0.5) is 0 Å². The van der Waals surface area contributed by atoms with Gasteiger partial charge in [0, 0.05) is 10.7 Å². The number of esters is 1. The van der Waals surface area contributed by atoms with E-state index < -0.39 is 22.9 Å². The molecule has 140 valence electrons. The number of carbonyl (C=O) groups is 2. The second-order valence-corrected chi connectivity index (χ2v) is 6.86. The van der Waals surface area contributed by atoms with Gasteiger partial charge in [0.05, 0.1) is 12.3 Å². The number of nitrogens with zero attached hydrogens (tertiary/aromatic N) is 1. The van der Waals surface area contributed by atoms with Crippen LogP contribution in [-0.2, 0) is 19.2 Å². The monoisotopic (exact) mass is 381 g/mol. The number of carboxylic acids is 1. The van der Waals surface area contributed by atoms with Crippen molar-refractivity contribution in [1.29, 1.82) is 0 Å². The number of aliphatic carboxylic acids is 1. The zero-order chi connectivity index (χ0) is 19.1. The van der Waals surface area contributed by atoms with E-state index in [1.807, 2.05) is 18.2 Å². The van der Waals surface area contributed by atoms with Gasteiger partial charge in [-0.1, -0.05) is 24.3 Å². The molecule has 0 amide bonds. The van der Waals surface area contributed by atoms with Gasteiger partial charge in [0.15, 0.2) is 0 Å². The zero-order valence-corrected chi connectivity index (χ0v) is 14.9. The molecule has 1 N–H and O–H groups in total. The number of thioether (sulfide) groups is 1. The largest absolute Gasteiger partial charge is 0.481 e. The molecule has 9 heteroatoms. The van der Waals surface area contributed by atoms with Crippen LogP contribution in [-0.4, -0.2) is 40.6 Å². The van der Waals surface area contributed by atoms with Gasteiger partial charge in [-0.2, -0.15) is 0 Å². The molecule has 0 saturated carbocycles. The molecule has 1 aromatic rings. The highest BCUT2D eigenvalue weighted by Crippen LogP contribution is 2.35. The highest BCUT2D eigenvalue weighted by atomic mass is 32.2. The number of ether oxygens (including phenoxy) is 1. The molecule has 0 aliphatic carbocycles. The van der Waals surface area contributed by atoms with E-state index in [0.717, 1.165) is 16.2 Å². The Bertz CT molecular complexity index is 702. The van der Waals surface area contributed by atoms with E-state index in [1.54, 1.807) is 30.8 Å². The summed E-state index contributed by atoms with van der Waals surface area (Å²) in [7, 11) is 0. The molecule has 0 bridgehead atoms. The number of hydrogen-bond acceptors (Lipinski definition) is 7. The van der Waals surface area contributed by atoms with Gasteiger partial charge >= 0.3 is 11.9 Å². The van der Waals surface area contributed by atoms with E-state index in [0.29, 0.717) is 12.0 Å². The lowest BCUT2D eigenvalue weighted by atomic mass is 10.00. The average Bonchev–Trinajstić information content (AvgIpc) is 3.01. The summed E-state index contributed by atoms with van der Waals surface area (Å²) in [6.45, 7) is 1.30. The molecule has 0 spiro atoms. The summed E-state index contributed by atoms with van der Waals surface area (Å²) >= 11 is 1.58. The average molecular weight is 381 g/mol. The molecule has 8 nitrogen and oxygen atoms in total. The van der Waals surface area contributed by atoms with Crippen molar-refractivity contribution >= 4 is 29.8 Å². The van der Waals surface area contributed by atoms with Gasteiger partial charge in [0.1, 0.15) is 12.7 Å². The van der Waals surface area contributed by atoms with Crippen molar-refractivity contribution in [2.24, 2.45) is 0 Å². The Morgan fingerprint density at radius 1 is 1.42 bits per heavy atom. The van der Waals surface area contributed by atoms with Crippen molar-refractivity contribution in [3.05, 3.63) is 50.4 Å². The van der Waals surface area contributed by atoms with Gasteiger partial charge in [-0.3, -0.25) is 9.59 Å². The lowest BCUT2D eigenvalue weighted by molar-refractivity contribution is -0.757. The van der Waals surface area contributed by atoms with E-state index >= 15 is 0 Å². The van der Waals surface area contributed by atoms with Crippen LogP contribution in [0.1, 0.15) is 36.8 Å². The fourth-order valence-electron chi connectivity index (χ4n) is 2.38. The Morgan fingerprint density at radius 2 is 2.12 bits per heavy atom. The number of carboxylic acid groups (broad SMARTS) is 1. The second-order valence-electron chi connectivity index (χ2n) is 5.70. The Morgan fingerprint density at radius 3 is 2.73 bits per heavy atom. The summed E-state index contributed by atoms with van der Waals surface area (Å²) in [5.41, 5.74) is 1.60. The molecule has 0 aromatic heterocycles. The maximum atomic E-state index is 11.7. The van der Waals surface area contributed by atoms with Crippen LogP contribution in [0.15, 0.2) is 29.2 Å². The van der Waals surface area contributed by atoms with Crippen LogP contribution in [0.3, 0.4) is 0 Å². The summed E-state index contributed by atoms with van der Waals surface area (Å²) in [6.07, 6.45) is 2.02. The first kappa shape index (κ1) is 19.8. The van der Waals surface area contributed by atoms with Crippen molar-refractivity contribution in [1.82, 2.24) is 0 Å². The van der Waals surface area contributed by atoms with E-state index in [1.165, 1.54) is 0 Å². The smallest absolute Gasteiger partial charge is 0.310 e. The first-order valence-electron chi connectivity index (χ1n) is 8.00. The molecule has 2 rings (SSSR count).